The minimum atomic E-state index is -0.658. The molecule has 17 heavy (non-hydrogen) atoms. The number of aromatic nitrogens is 4. The zero-order valence-electron chi connectivity index (χ0n) is 10.2. The number of aliphatic hydroxyl groups is 1. The van der Waals surface area contributed by atoms with Gasteiger partial charge in [-0.15, -0.1) is 0 Å². The second kappa shape index (κ2) is 4.67. The Bertz CT molecular complexity index is 503. The zero-order chi connectivity index (χ0) is 12.4. The molecule has 0 aliphatic carbocycles. The lowest BCUT2D eigenvalue weighted by atomic mass is 10.2. The van der Waals surface area contributed by atoms with E-state index in [4.69, 9.17) is 4.52 Å². The van der Waals surface area contributed by atoms with E-state index in [1.807, 2.05) is 20.9 Å². The summed E-state index contributed by atoms with van der Waals surface area (Å²) in [7, 11) is 1.85. The van der Waals surface area contributed by atoms with Gasteiger partial charge in [-0.1, -0.05) is 18.5 Å². The quantitative estimate of drug-likeness (QED) is 0.872. The third-order valence-electron chi connectivity index (χ3n) is 2.77. The van der Waals surface area contributed by atoms with Crippen LogP contribution in [0.4, 0.5) is 0 Å². The molecule has 0 spiro atoms. The Morgan fingerprint density at radius 1 is 1.53 bits per heavy atom. The number of rotatable bonds is 4. The van der Waals surface area contributed by atoms with Gasteiger partial charge in [-0.3, -0.25) is 4.68 Å². The molecule has 6 nitrogen and oxygen atoms in total. The predicted molar refractivity (Wildman–Crippen MR) is 61.1 cm³/mol. The fourth-order valence-corrected chi connectivity index (χ4v) is 1.59. The van der Waals surface area contributed by atoms with Crippen LogP contribution in [0.2, 0.25) is 0 Å². The fourth-order valence-electron chi connectivity index (χ4n) is 1.59. The van der Waals surface area contributed by atoms with Crippen molar-refractivity contribution in [1.29, 1.82) is 0 Å². The molecule has 6 heteroatoms. The summed E-state index contributed by atoms with van der Waals surface area (Å²) in [5.74, 6) is 0.742. The molecule has 1 unspecified atom stereocenters. The van der Waals surface area contributed by atoms with E-state index in [1.54, 1.807) is 10.9 Å². The number of aryl methyl sites for hydroxylation is 1. The summed E-state index contributed by atoms with van der Waals surface area (Å²) in [6.07, 6.45) is 2.52. The topological polar surface area (TPSA) is 77.0 Å². The van der Waals surface area contributed by atoms with Gasteiger partial charge in [0, 0.05) is 12.7 Å². The lowest BCUT2D eigenvalue weighted by Crippen LogP contribution is -1.99. The average Bonchev–Trinajstić information content (AvgIpc) is 2.88. The van der Waals surface area contributed by atoms with Gasteiger partial charge < -0.3 is 9.63 Å². The van der Waals surface area contributed by atoms with E-state index < -0.39 is 6.10 Å². The SMILES string of the molecule is CCCC(O)c1noc(-c2cnn(C)c2C)n1. The molecule has 0 saturated carbocycles. The highest BCUT2D eigenvalue weighted by Crippen LogP contribution is 2.23. The van der Waals surface area contributed by atoms with E-state index in [0.717, 1.165) is 17.7 Å². The summed E-state index contributed by atoms with van der Waals surface area (Å²) in [6.45, 7) is 3.92. The Morgan fingerprint density at radius 2 is 2.29 bits per heavy atom. The van der Waals surface area contributed by atoms with Crippen LogP contribution < -0.4 is 0 Å². The molecule has 0 aliphatic heterocycles. The molecule has 0 amide bonds. The van der Waals surface area contributed by atoms with Crippen molar-refractivity contribution in [3.05, 3.63) is 17.7 Å². The normalized spacial score (nSPS) is 12.9. The van der Waals surface area contributed by atoms with Gasteiger partial charge in [-0.05, 0) is 13.3 Å². The first-order valence-electron chi connectivity index (χ1n) is 5.64. The van der Waals surface area contributed by atoms with Crippen LogP contribution in [0.3, 0.4) is 0 Å². The highest BCUT2D eigenvalue weighted by Gasteiger charge is 2.18. The molecule has 1 N–H and O–H groups in total. The number of hydrogen-bond acceptors (Lipinski definition) is 5. The summed E-state index contributed by atoms with van der Waals surface area (Å²) in [6, 6.07) is 0. The minimum absolute atomic E-state index is 0.338. The monoisotopic (exact) mass is 236 g/mol. The van der Waals surface area contributed by atoms with Gasteiger partial charge in [-0.25, -0.2) is 0 Å². The largest absolute Gasteiger partial charge is 0.385 e. The molecular weight excluding hydrogens is 220 g/mol. The predicted octanol–water partition coefficient (Wildman–Crippen LogP) is 1.61. The molecule has 0 radical (unpaired) electrons. The van der Waals surface area contributed by atoms with Crippen LogP contribution in [-0.4, -0.2) is 25.0 Å². The molecular formula is C11H16N4O2. The van der Waals surface area contributed by atoms with E-state index in [-0.39, 0.29) is 0 Å². The molecule has 2 aromatic heterocycles. The maximum absolute atomic E-state index is 9.75. The smallest absolute Gasteiger partial charge is 0.261 e. The second-order valence-corrected chi connectivity index (χ2v) is 4.03. The van der Waals surface area contributed by atoms with E-state index in [1.165, 1.54) is 0 Å². The van der Waals surface area contributed by atoms with Crippen LogP contribution in [0, 0.1) is 6.92 Å². The first-order valence-corrected chi connectivity index (χ1v) is 5.64. The summed E-state index contributed by atoms with van der Waals surface area (Å²) in [4.78, 5) is 4.19. The molecule has 0 fully saturated rings. The van der Waals surface area contributed by atoms with Crippen molar-refractivity contribution in [3.63, 3.8) is 0 Å². The summed E-state index contributed by atoms with van der Waals surface area (Å²) < 4.78 is 6.88. The van der Waals surface area contributed by atoms with Crippen LogP contribution in [0.15, 0.2) is 10.7 Å². The zero-order valence-corrected chi connectivity index (χ0v) is 10.2. The average molecular weight is 236 g/mol. The Hall–Kier alpha value is -1.69. The van der Waals surface area contributed by atoms with Gasteiger partial charge in [0.25, 0.3) is 5.89 Å². The summed E-state index contributed by atoms with van der Waals surface area (Å²) in [5, 5.41) is 17.6. The van der Waals surface area contributed by atoms with Crippen molar-refractivity contribution in [1.82, 2.24) is 19.9 Å². The fraction of sp³-hybridized carbons (Fsp3) is 0.545. The second-order valence-electron chi connectivity index (χ2n) is 4.03. The Balaban J connectivity index is 2.27. The molecule has 92 valence electrons. The van der Waals surface area contributed by atoms with Crippen molar-refractivity contribution >= 4 is 0 Å². The number of hydrogen-bond donors (Lipinski definition) is 1. The minimum Gasteiger partial charge on any atom is -0.385 e. The van der Waals surface area contributed by atoms with E-state index in [9.17, 15) is 5.11 Å². The van der Waals surface area contributed by atoms with Gasteiger partial charge in [-0.2, -0.15) is 10.1 Å². The standard InChI is InChI=1S/C11H16N4O2/c1-4-5-9(16)10-13-11(17-14-10)8-6-12-15(3)7(8)2/h6,9,16H,4-5H2,1-3H3. The van der Waals surface area contributed by atoms with Gasteiger partial charge in [0.05, 0.1) is 11.8 Å². The van der Waals surface area contributed by atoms with Crippen molar-refractivity contribution in [3.8, 4) is 11.5 Å². The maximum Gasteiger partial charge on any atom is 0.261 e. The van der Waals surface area contributed by atoms with E-state index >= 15 is 0 Å². The van der Waals surface area contributed by atoms with Crippen molar-refractivity contribution < 1.29 is 9.63 Å². The third kappa shape index (κ3) is 2.21. The highest BCUT2D eigenvalue weighted by molar-refractivity contribution is 5.54. The molecule has 0 aromatic carbocycles. The van der Waals surface area contributed by atoms with Crippen molar-refractivity contribution in [2.45, 2.75) is 32.8 Å². The molecule has 2 aromatic rings. The van der Waals surface area contributed by atoms with Crippen LogP contribution >= 0.6 is 0 Å². The van der Waals surface area contributed by atoms with Gasteiger partial charge >= 0.3 is 0 Å². The molecule has 2 heterocycles. The van der Waals surface area contributed by atoms with Gasteiger partial charge in [0.2, 0.25) is 5.82 Å². The lowest BCUT2D eigenvalue weighted by molar-refractivity contribution is 0.153. The molecule has 0 bridgehead atoms. The first-order chi connectivity index (χ1) is 8.13. The Kier molecular flexibility index (Phi) is 3.23. The van der Waals surface area contributed by atoms with E-state index in [0.29, 0.717) is 18.1 Å². The van der Waals surface area contributed by atoms with Crippen LogP contribution in [0.1, 0.15) is 37.4 Å². The van der Waals surface area contributed by atoms with Crippen LogP contribution in [0.5, 0.6) is 0 Å². The Labute approximate surface area is 99.3 Å². The molecule has 0 saturated heterocycles. The summed E-state index contributed by atoms with van der Waals surface area (Å²) >= 11 is 0. The van der Waals surface area contributed by atoms with Gasteiger partial charge in [0.1, 0.15) is 6.10 Å². The highest BCUT2D eigenvalue weighted by atomic mass is 16.5. The molecule has 1 atom stereocenters. The molecule has 2 rings (SSSR count). The summed E-state index contributed by atoms with van der Waals surface area (Å²) in [5.41, 5.74) is 1.75. The molecule has 0 aliphatic rings. The first kappa shape index (κ1) is 11.8. The number of nitrogens with zero attached hydrogens (tertiary/aromatic N) is 4. The van der Waals surface area contributed by atoms with Gasteiger partial charge in [0.15, 0.2) is 0 Å². The van der Waals surface area contributed by atoms with Crippen LogP contribution in [0.25, 0.3) is 11.5 Å². The van der Waals surface area contributed by atoms with Crippen molar-refractivity contribution in [2.75, 3.05) is 0 Å². The van der Waals surface area contributed by atoms with Crippen molar-refractivity contribution in [2.24, 2.45) is 7.05 Å². The third-order valence-corrected chi connectivity index (χ3v) is 2.77. The van der Waals surface area contributed by atoms with E-state index in [2.05, 4.69) is 15.2 Å². The number of aliphatic hydroxyl groups excluding tert-OH is 1. The Morgan fingerprint density at radius 3 is 2.88 bits per heavy atom. The van der Waals surface area contributed by atoms with Crippen LogP contribution in [-0.2, 0) is 7.05 Å². The maximum atomic E-state index is 9.75. The lowest BCUT2D eigenvalue weighted by Gasteiger charge is -2.01.